The summed E-state index contributed by atoms with van der Waals surface area (Å²) in [5.74, 6) is 1.28. The minimum atomic E-state index is -1.25. The van der Waals surface area contributed by atoms with Gasteiger partial charge in [0.2, 0.25) is 17.6 Å². The molecular weight excluding hydrogens is 602 g/mol. The molecule has 1 aromatic heterocycles. The number of fused-ring (bicyclic) bond motifs is 1. The maximum atomic E-state index is 15.0. The molecule has 2 aliphatic carbocycles. The van der Waals surface area contributed by atoms with Crippen molar-refractivity contribution < 1.29 is 27.8 Å². The first-order chi connectivity index (χ1) is 21.7. The molecule has 9 nitrogen and oxygen atoms in total. The van der Waals surface area contributed by atoms with Crippen molar-refractivity contribution in [3.05, 3.63) is 36.8 Å². The van der Waals surface area contributed by atoms with Crippen LogP contribution in [0.2, 0.25) is 0 Å². The molecule has 0 spiro atoms. The lowest BCUT2D eigenvalue weighted by atomic mass is 9.58. The van der Waals surface area contributed by atoms with Gasteiger partial charge in [-0.2, -0.15) is 0 Å². The van der Waals surface area contributed by atoms with Gasteiger partial charge in [0.15, 0.2) is 0 Å². The lowest BCUT2D eigenvalue weighted by Gasteiger charge is -2.50. The van der Waals surface area contributed by atoms with Gasteiger partial charge in [-0.25, -0.2) is 0 Å². The van der Waals surface area contributed by atoms with Crippen LogP contribution >= 0.6 is 0 Å². The molecule has 2 saturated carbocycles. The van der Waals surface area contributed by atoms with E-state index in [4.69, 9.17) is 10.8 Å². The summed E-state index contributed by atoms with van der Waals surface area (Å²) in [5.41, 5.74) is -1.12. The Morgan fingerprint density at radius 2 is 1.91 bits per heavy atom. The summed E-state index contributed by atoms with van der Waals surface area (Å²) < 4.78 is 19.1. The van der Waals surface area contributed by atoms with Gasteiger partial charge in [-0.15, -0.1) is 18.9 Å². The molecule has 1 aliphatic heterocycles. The van der Waals surface area contributed by atoms with Gasteiger partial charge in [-0.3, -0.25) is 23.4 Å². The van der Waals surface area contributed by atoms with Crippen LogP contribution in [-0.2, 0) is 35.7 Å². The zero-order valence-electron chi connectivity index (χ0n) is 28.1. The highest BCUT2D eigenvalue weighted by Gasteiger charge is 2.70. The largest absolute Gasteiger partial charge is 0.468 e. The van der Waals surface area contributed by atoms with Gasteiger partial charge in [-0.1, -0.05) is 60.0 Å². The zero-order valence-corrected chi connectivity index (χ0v) is 28.9. The second-order valence-corrected chi connectivity index (χ2v) is 16.5. The van der Waals surface area contributed by atoms with Crippen LogP contribution in [0.25, 0.3) is 0 Å². The number of ketones is 1. The monoisotopic (exact) mass is 653 g/mol. The van der Waals surface area contributed by atoms with Crippen molar-refractivity contribution in [2.24, 2.45) is 34.0 Å². The van der Waals surface area contributed by atoms with E-state index in [1.54, 1.807) is 17.2 Å². The van der Waals surface area contributed by atoms with E-state index in [-0.39, 0.29) is 42.5 Å². The summed E-state index contributed by atoms with van der Waals surface area (Å²) in [6.07, 6.45) is 13.4. The van der Waals surface area contributed by atoms with E-state index in [1.165, 1.54) is 6.08 Å². The minimum absolute atomic E-state index is 0.0783. The second-order valence-electron chi connectivity index (χ2n) is 15.1. The van der Waals surface area contributed by atoms with Gasteiger partial charge in [0.05, 0.1) is 18.1 Å². The summed E-state index contributed by atoms with van der Waals surface area (Å²) in [7, 11) is -1.25. The molecule has 46 heavy (non-hydrogen) atoms. The first-order valence-electron chi connectivity index (χ1n) is 16.5. The van der Waals surface area contributed by atoms with Gasteiger partial charge in [0.25, 0.3) is 5.91 Å². The number of furan rings is 1. The number of carbonyl (C=O) groups is 4. The van der Waals surface area contributed by atoms with E-state index >= 15 is 0 Å². The smallest absolute Gasteiger partial charge is 0.289 e. The Morgan fingerprint density at radius 1 is 1.22 bits per heavy atom. The number of nitrogens with one attached hydrogen (secondary N) is 2. The quantitative estimate of drug-likeness (QED) is 0.174. The minimum Gasteiger partial charge on any atom is -0.468 e. The molecule has 0 bridgehead atoms. The normalized spacial score (nSPS) is 24.9. The maximum Gasteiger partial charge on any atom is 0.289 e. The number of likely N-dealkylation sites (tertiary alicyclic amines) is 1. The lowest BCUT2D eigenvalue weighted by molar-refractivity contribution is -0.153. The predicted octanol–water partition coefficient (Wildman–Crippen LogP) is 4.39. The average molecular weight is 654 g/mol. The number of hydrogen-bond donors (Lipinski definition) is 2. The number of piperidine rings is 1. The van der Waals surface area contributed by atoms with Crippen LogP contribution in [0, 0.1) is 46.3 Å². The molecule has 2 heterocycles. The van der Waals surface area contributed by atoms with Gasteiger partial charge < -0.3 is 20.0 Å². The number of rotatable bonds is 14. The average Bonchev–Trinajstić information content (AvgIpc) is 3.40. The molecule has 3 amide bonds. The lowest BCUT2D eigenvalue weighted by Crippen LogP contribution is -2.59. The third-order valence-electron chi connectivity index (χ3n) is 10.5. The molecule has 4 unspecified atom stereocenters. The molecule has 3 aliphatic rings. The Kier molecular flexibility index (Phi) is 11.1. The van der Waals surface area contributed by atoms with Crippen molar-refractivity contribution in [3.63, 3.8) is 0 Å². The van der Waals surface area contributed by atoms with E-state index in [2.05, 4.69) is 57.8 Å². The Hall–Kier alpha value is -3.19. The number of amides is 3. The SMILES string of the molecule is C#CCCC(NC(=O)[C@@H]1[C@@H]2C(CN1C(=O)C(C(C)(C)C)C1(CS(=O)Cc3ccco3)CCCCC1)C2(C)C)C(=O)C(=O)NCC=C. The molecule has 1 aromatic rings. The van der Waals surface area contributed by atoms with E-state index in [1.807, 2.05) is 6.07 Å². The fourth-order valence-corrected chi connectivity index (χ4v) is 10.1. The number of nitrogens with zero attached hydrogens (tertiary/aromatic N) is 1. The highest BCUT2D eigenvalue weighted by molar-refractivity contribution is 7.84. The Bertz CT molecular complexity index is 1360. The Balaban J connectivity index is 1.64. The van der Waals surface area contributed by atoms with Crippen LogP contribution in [0.1, 0.15) is 85.3 Å². The van der Waals surface area contributed by atoms with Crippen LogP contribution in [0.15, 0.2) is 35.5 Å². The molecule has 0 aromatic carbocycles. The van der Waals surface area contributed by atoms with E-state index in [9.17, 15) is 23.4 Å². The number of Topliss-reactive ketones (excluding diaryl/α,β-unsaturated/α-hetero) is 1. The van der Waals surface area contributed by atoms with Gasteiger partial charge >= 0.3 is 0 Å². The summed E-state index contributed by atoms with van der Waals surface area (Å²) >= 11 is 0. The number of terminal acetylenes is 1. The fraction of sp³-hybridized carbons (Fsp3) is 0.667. The van der Waals surface area contributed by atoms with Gasteiger partial charge in [-0.05, 0) is 59.5 Å². The molecule has 252 valence electrons. The van der Waals surface area contributed by atoms with Gasteiger partial charge in [0, 0.05) is 42.0 Å². The standard InChI is InChI=1S/C36H51N3O6S/c1-8-10-16-26(29(40)32(42)37-19-9-2)38-31(41)28-27-25(35(27,6)7)21-39(28)33(43)30(34(3,4)5)36(17-12-11-13-18-36)23-46(44)22-24-15-14-20-45-24/h1,9,14-15,20,25-28,30H,2,10-13,16-19,21-23H2,3-7H3,(H,37,42)(H,38,41)/t25?,26?,27-,28-,30?,46?/m0/s1. The van der Waals surface area contributed by atoms with Crippen molar-refractivity contribution in [2.45, 2.75) is 97.4 Å². The third kappa shape index (κ3) is 7.51. The predicted molar refractivity (Wildman–Crippen MR) is 178 cm³/mol. The maximum absolute atomic E-state index is 15.0. The summed E-state index contributed by atoms with van der Waals surface area (Å²) in [6, 6.07) is 1.71. The first-order valence-corrected chi connectivity index (χ1v) is 18.0. The fourth-order valence-electron chi connectivity index (χ4n) is 8.39. The second kappa shape index (κ2) is 14.3. The first kappa shape index (κ1) is 35.7. The van der Waals surface area contributed by atoms with Crippen LogP contribution < -0.4 is 10.6 Å². The highest BCUT2D eigenvalue weighted by atomic mass is 32.2. The summed E-state index contributed by atoms with van der Waals surface area (Å²) in [4.78, 5) is 56.5. The van der Waals surface area contributed by atoms with Crippen molar-refractivity contribution in [1.29, 1.82) is 0 Å². The van der Waals surface area contributed by atoms with Crippen molar-refractivity contribution in [3.8, 4) is 12.3 Å². The highest BCUT2D eigenvalue weighted by Crippen LogP contribution is 2.65. The van der Waals surface area contributed by atoms with Crippen LogP contribution in [0.3, 0.4) is 0 Å². The molecule has 3 fully saturated rings. The van der Waals surface area contributed by atoms with E-state index in [0.29, 0.717) is 23.8 Å². The van der Waals surface area contributed by atoms with E-state index < -0.39 is 57.2 Å². The van der Waals surface area contributed by atoms with Crippen molar-refractivity contribution >= 4 is 34.3 Å². The summed E-state index contributed by atoms with van der Waals surface area (Å²) in [6.45, 7) is 14.5. The van der Waals surface area contributed by atoms with Gasteiger partial charge in [0.1, 0.15) is 11.8 Å². The molecule has 4 rings (SSSR count). The van der Waals surface area contributed by atoms with Crippen molar-refractivity contribution in [2.75, 3.05) is 18.8 Å². The van der Waals surface area contributed by atoms with Crippen LogP contribution in [-0.4, -0.2) is 63.5 Å². The van der Waals surface area contributed by atoms with E-state index in [0.717, 1.165) is 32.1 Å². The third-order valence-corrected chi connectivity index (χ3v) is 12.0. The molecule has 10 heteroatoms. The molecular formula is C36H51N3O6S. The van der Waals surface area contributed by atoms with Crippen LogP contribution in [0.4, 0.5) is 0 Å². The van der Waals surface area contributed by atoms with Crippen LogP contribution in [0.5, 0.6) is 0 Å². The molecule has 1 saturated heterocycles. The Labute approximate surface area is 276 Å². The Morgan fingerprint density at radius 3 is 2.50 bits per heavy atom. The molecule has 6 atom stereocenters. The topological polar surface area (TPSA) is 126 Å². The zero-order chi connectivity index (χ0) is 33.9. The number of carbonyl (C=O) groups excluding carboxylic acids is 4. The summed E-state index contributed by atoms with van der Waals surface area (Å²) in [5, 5.41) is 5.32. The molecule has 0 radical (unpaired) electrons. The number of hydrogen-bond acceptors (Lipinski definition) is 6. The molecule has 2 N–H and O–H groups in total. The van der Waals surface area contributed by atoms with Crippen molar-refractivity contribution in [1.82, 2.24) is 15.5 Å².